The Balaban J connectivity index is 2.35. The zero-order valence-electron chi connectivity index (χ0n) is 11.3. The first-order valence-electron chi connectivity index (χ1n) is 6.27. The van der Waals surface area contributed by atoms with Crippen molar-refractivity contribution in [2.24, 2.45) is 0 Å². The number of aliphatic carboxylic acids is 1. The molecule has 2 N–H and O–H groups in total. The lowest BCUT2D eigenvalue weighted by molar-refractivity contribution is -0.147. The second-order valence-corrected chi connectivity index (χ2v) is 4.45. The maximum Gasteiger partial charge on any atom is 0.337 e. The Morgan fingerprint density at radius 1 is 1.05 bits per heavy atom. The highest BCUT2D eigenvalue weighted by atomic mass is 16.5. The van der Waals surface area contributed by atoms with Gasteiger partial charge in [0, 0.05) is 12.5 Å². The quantitative estimate of drug-likeness (QED) is 0.666. The summed E-state index contributed by atoms with van der Waals surface area (Å²) in [5, 5.41) is 18.2. The van der Waals surface area contributed by atoms with Crippen LogP contribution in [0.25, 0.3) is 11.1 Å². The normalized spacial score (nSPS) is 11.7. The van der Waals surface area contributed by atoms with Gasteiger partial charge in [-0.1, -0.05) is 42.5 Å². The first-order valence-corrected chi connectivity index (χ1v) is 6.27. The summed E-state index contributed by atoms with van der Waals surface area (Å²) >= 11 is 0. The first kappa shape index (κ1) is 14.7. The molecule has 0 saturated heterocycles. The van der Waals surface area contributed by atoms with Gasteiger partial charge in [0.1, 0.15) is 5.75 Å². The minimum atomic E-state index is -1.55. The molecule has 0 bridgehead atoms. The van der Waals surface area contributed by atoms with Gasteiger partial charge in [0.25, 0.3) is 0 Å². The van der Waals surface area contributed by atoms with Crippen molar-refractivity contribution in [3.8, 4) is 16.9 Å². The number of rotatable bonds is 4. The molecule has 2 aromatic carbocycles. The van der Waals surface area contributed by atoms with Gasteiger partial charge in [0.15, 0.2) is 6.10 Å². The molecule has 108 valence electrons. The molecule has 0 spiro atoms. The molecule has 0 radical (unpaired) electrons. The molecular formula is C16H14O5. The van der Waals surface area contributed by atoms with Gasteiger partial charge < -0.3 is 14.9 Å². The van der Waals surface area contributed by atoms with Crippen LogP contribution in [0, 0.1) is 0 Å². The van der Waals surface area contributed by atoms with Crippen LogP contribution in [0.15, 0.2) is 48.5 Å². The van der Waals surface area contributed by atoms with Crippen LogP contribution >= 0.6 is 0 Å². The molecule has 2 aromatic rings. The van der Waals surface area contributed by atoms with E-state index < -0.39 is 18.0 Å². The molecule has 0 aromatic heterocycles. The highest BCUT2D eigenvalue weighted by molar-refractivity contribution is 5.78. The summed E-state index contributed by atoms with van der Waals surface area (Å²) in [5.41, 5.74) is 1.76. The number of esters is 1. The number of aliphatic hydroxyl groups excluding tert-OH is 1. The van der Waals surface area contributed by atoms with Crippen molar-refractivity contribution in [1.29, 1.82) is 0 Å². The van der Waals surface area contributed by atoms with Crippen LogP contribution in [-0.2, 0) is 9.59 Å². The predicted molar refractivity (Wildman–Crippen MR) is 75.8 cm³/mol. The van der Waals surface area contributed by atoms with Crippen LogP contribution in [0.5, 0.6) is 5.75 Å². The number of para-hydroxylation sites is 1. The number of carbonyl (C=O) groups is 2. The van der Waals surface area contributed by atoms with Gasteiger partial charge in [-0.2, -0.15) is 0 Å². The second kappa shape index (κ2) is 6.19. The van der Waals surface area contributed by atoms with E-state index in [0.29, 0.717) is 11.3 Å². The number of carboxylic acids is 1. The zero-order valence-corrected chi connectivity index (χ0v) is 11.3. The summed E-state index contributed by atoms with van der Waals surface area (Å²) in [6.07, 6.45) is -1.55. The Morgan fingerprint density at radius 2 is 1.67 bits per heavy atom. The summed E-state index contributed by atoms with van der Waals surface area (Å²) < 4.78 is 5.13. The molecule has 0 fully saturated rings. The van der Waals surface area contributed by atoms with Gasteiger partial charge in [0.2, 0.25) is 0 Å². The molecule has 1 unspecified atom stereocenters. The summed E-state index contributed by atoms with van der Waals surface area (Å²) in [5.74, 6) is -1.29. The first-order chi connectivity index (χ1) is 9.99. The fraction of sp³-hybridized carbons (Fsp3) is 0.125. The number of ether oxygens (including phenoxy) is 1. The Morgan fingerprint density at radius 3 is 2.24 bits per heavy atom. The monoisotopic (exact) mass is 286 g/mol. The Kier molecular flexibility index (Phi) is 4.35. The van der Waals surface area contributed by atoms with Gasteiger partial charge in [0.05, 0.1) is 0 Å². The highest BCUT2D eigenvalue weighted by Crippen LogP contribution is 2.30. The number of carbonyl (C=O) groups excluding carboxylic acids is 1. The molecule has 21 heavy (non-hydrogen) atoms. The molecular weight excluding hydrogens is 272 g/mol. The highest BCUT2D eigenvalue weighted by Gasteiger charge is 2.16. The molecule has 0 amide bonds. The third-order valence-corrected chi connectivity index (χ3v) is 2.91. The van der Waals surface area contributed by atoms with E-state index in [1.165, 1.54) is 19.1 Å². The molecule has 0 saturated carbocycles. The average molecular weight is 286 g/mol. The van der Waals surface area contributed by atoms with Crippen LogP contribution < -0.4 is 4.74 Å². The minimum Gasteiger partial charge on any atom is -0.479 e. The van der Waals surface area contributed by atoms with E-state index >= 15 is 0 Å². The molecule has 0 aliphatic carbocycles. The third-order valence-electron chi connectivity index (χ3n) is 2.91. The lowest BCUT2D eigenvalue weighted by Gasteiger charge is -2.10. The number of hydrogen-bond donors (Lipinski definition) is 2. The smallest absolute Gasteiger partial charge is 0.337 e. The van der Waals surface area contributed by atoms with Gasteiger partial charge in [-0.05, 0) is 17.2 Å². The van der Waals surface area contributed by atoms with Crippen molar-refractivity contribution in [2.45, 2.75) is 13.0 Å². The zero-order chi connectivity index (χ0) is 15.4. The topological polar surface area (TPSA) is 83.8 Å². The van der Waals surface area contributed by atoms with Crippen LogP contribution in [0.2, 0.25) is 0 Å². The fourth-order valence-corrected chi connectivity index (χ4v) is 1.94. The predicted octanol–water partition coefficient (Wildman–Crippen LogP) is 2.40. The van der Waals surface area contributed by atoms with Crippen molar-refractivity contribution in [2.75, 3.05) is 0 Å². The molecule has 2 rings (SSSR count). The number of hydrogen-bond acceptors (Lipinski definition) is 4. The molecule has 0 aliphatic rings. The van der Waals surface area contributed by atoms with Gasteiger partial charge in [-0.15, -0.1) is 0 Å². The fourth-order valence-electron chi connectivity index (χ4n) is 1.94. The van der Waals surface area contributed by atoms with Crippen LogP contribution in [-0.4, -0.2) is 22.2 Å². The molecule has 5 heteroatoms. The minimum absolute atomic E-state index is 0.288. The van der Waals surface area contributed by atoms with Crippen molar-refractivity contribution in [3.05, 3.63) is 54.1 Å². The maximum atomic E-state index is 11.1. The van der Waals surface area contributed by atoms with Gasteiger partial charge in [-0.25, -0.2) is 4.79 Å². The van der Waals surface area contributed by atoms with E-state index in [9.17, 15) is 14.7 Å². The number of carboxylic acid groups (broad SMARTS) is 1. The van der Waals surface area contributed by atoms with E-state index in [1.807, 2.05) is 6.07 Å². The second-order valence-electron chi connectivity index (χ2n) is 4.45. The molecule has 1 atom stereocenters. The standard InChI is InChI=1S/C16H14O5/c1-10(17)21-14-5-3-2-4-13(14)11-6-8-12(9-7-11)15(18)16(19)20/h2-9,15,18H,1H3,(H,19,20). The maximum absolute atomic E-state index is 11.1. The largest absolute Gasteiger partial charge is 0.479 e. The lowest BCUT2D eigenvalue weighted by Crippen LogP contribution is -2.10. The van der Waals surface area contributed by atoms with E-state index in [1.54, 1.807) is 30.3 Å². The Bertz CT molecular complexity index is 661. The van der Waals surface area contributed by atoms with Crippen molar-refractivity contribution >= 4 is 11.9 Å². The Hall–Kier alpha value is -2.66. The summed E-state index contributed by atoms with van der Waals surface area (Å²) in [6, 6.07) is 13.4. The van der Waals surface area contributed by atoms with E-state index in [0.717, 1.165) is 5.56 Å². The summed E-state index contributed by atoms with van der Waals surface area (Å²) in [4.78, 5) is 21.8. The summed E-state index contributed by atoms with van der Waals surface area (Å²) in [7, 11) is 0. The number of benzene rings is 2. The molecule has 0 aliphatic heterocycles. The number of aliphatic hydroxyl groups is 1. The van der Waals surface area contributed by atoms with Crippen molar-refractivity contribution < 1.29 is 24.5 Å². The summed E-state index contributed by atoms with van der Waals surface area (Å²) in [6.45, 7) is 1.32. The lowest BCUT2D eigenvalue weighted by atomic mass is 10.0. The van der Waals surface area contributed by atoms with E-state index in [2.05, 4.69) is 0 Å². The van der Waals surface area contributed by atoms with Crippen molar-refractivity contribution in [1.82, 2.24) is 0 Å². The van der Waals surface area contributed by atoms with Crippen LogP contribution in [0.1, 0.15) is 18.6 Å². The van der Waals surface area contributed by atoms with Gasteiger partial charge >= 0.3 is 11.9 Å². The Labute approximate surface area is 121 Å². The van der Waals surface area contributed by atoms with Gasteiger partial charge in [-0.3, -0.25) is 4.79 Å². The third kappa shape index (κ3) is 3.46. The van der Waals surface area contributed by atoms with Crippen molar-refractivity contribution in [3.63, 3.8) is 0 Å². The average Bonchev–Trinajstić information content (AvgIpc) is 2.46. The van der Waals surface area contributed by atoms with Crippen LogP contribution in [0.3, 0.4) is 0 Å². The molecule has 0 heterocycles. The van der Waals surface area contributed by atoms with E-state index in [4.69, 9.17) is 9.84 Å². The SMILES string of the molecule is CC(=O)Oc1ccccc1-c1ccc(C(O)C(=O)O)cc1. The van der Waals surface area contributed by atoms with Crippen LogP contribution in [0.4, 0.5) is 0 Å². The molecule has 5 nitrogen and oxygen atoms in total. The van der Waals surface area contributed by atoms with E-state index in [-0.39, 0.29) is 5.56 Å².